The first-order valence-electron chi connectivity index (χ1n) is 5.69. The highest BCUT2D eigenvalue weighted by Gasteiger charge is 2.12. The maximum Gasteiger partial charge on any atom is 0.246 e. The van der Waals surface area contributed by atoms with E-state index in [0.29, 0.717) is 6.54 Å². The van der Waals surface area contributed by atoms with Crippen LogP contribution in [0.15, 0.2) is 18.3 Å². The molecule has 0 spiro atoms. The van der Waals surface area contributed by atoms with Crippen molar-refractivity contribution in [2.24, 2.45) is 0 Å². The van der Waals surface area contributed by atoms with Crippen molar-refractivity contribution >= 4 is 5.91 Å². The van der Waals surface area contributed by atoms with E-state index in [1.165, 1.54) is 0 Å². The third kappa shape index (κ3) is 6.02. The molecule has 1 aromatic rings. The zero-order valence-electron chi connectivity index (χ0n) is 10.9. The molecule has 0 aromatic carbocycles. The number of aryl methyl sites for hydroxylation is 1. The summed E-state index contributed by atoms with van der Waals surface area (Å²) in [4.78, 5) is 15.6. The molecule has 0 aliphatic carbocycles. The normalized spacial score (nSPS) is 11.3. The summed E-state index contributed by atoms with van der Waals surface area (Å²) in [6.45, 7) is 8.26. The SMILES string of the molecule is Cc1ccc(CNC(=O)COC(C)(C)C)cn1. The summed E-state index contributed by atoms with van der Waals surface area (Å²) in [6.07, 6.45) is 1.76. The number of hydrogen-bond donors (Lipinski definition) is 1. The number of rotatable bonds is 4. The van der Waals surface area contributed by atoms with Crippen LogP contribution in [0.1, 0.15) is 32.0 Å². The van der Waals surface area contributed by atoms with Gasteiger partial charge in [-0.25, -0.2) is 0 Å². The van der Waals surface area contributed by atoms with Crippen LogP contribution in [0.4, 0.5) is 0 Å². The lowest BCUT2D eigenvalue weighted by molar-refractivity contribution is -0.130. The molecule has 1 N–H and O–H groups in total. The molecule has 0 saturated heterocycles. The van der Waals surface area contributed by atoms with Gasteiger partial charge in [-0.1, -0.05) is 6.07 Å². The van der Waals surface area contributed by atoms with Gasteiger partial charge in [0.15, 0.2) is 0 Å². The molecule has 1 heterocycles. The predicted molar refractivity (Wildman–Crippen MR) is 66.5 cm³/mol. The number of ether oxygens (including phenoxy) is 1. The van der Waals surface area contributed by atoms with E-state index in [2.05, 4.69) is 10.3 Å². The molecule has 94 valence electrons. The minimum atomic E-state index is -0.289. The number of pyridine rings is 1. The first kappa shape index (κ1) is 13.6. The van der Waals surface area contributed by atoms with Crippen molar-refractivity contribution in [3.63, 3.8) is 0 Å². The summed E-state index contributed by atoms with van der Waals surface area (Å²) in [5.74, 6) is -0.111. The summed E-state index contributed by atoms with van der Waals surface area (Å²) in [5, 5.41) is 2.79. The molecule has 0 bridgehead atoms. The fraction of sp³-hybridized carbons (Fsp3) is 0.538. The van der Waals surface area contributed by atoms with Crippen LogP contribution in [-0.2, 0) is 16.1 Å². The average molecular weight is 236 g/mol. The second-order valence-corrected chi connectivity index (χ2v) is 4.99. The molecule has 4 heteroatoms. The van der Waals surface area contributed by atoms with Crippen LogP contribution in [0.5, 0.6) is 0 Å². The van der Waals surface area contributed by atoms with Gasteiger partial charge >= 0.3 is 0 Å². The van der Waals surface area contributed by atoms with Crippen LogP contribution in [-0.4, -0.2) is 23.1 Å². The molecule has 1 amide bonds. The van der Waals surface area contributed by atoms with Gasteiger partial charge in [-0.05, 0) is 39.3 Å². The van der Waals surface area contributed by atoms with Gasteiger partial charge in [-0.3, -0.25) is 9.78 Å². The summed E-state index contributed by atoms with van der Waals surface area (Å²) < 4.78 is 5.37. The Kier molecular flexibility index (Phi) is 4.63. The Morgan fingerprint density at radius 1 is 1.41 bits per heavy atom. The maximum atomic E-state index is 11.5. The van der Waals surface area contributed by atoms with Crippen LogP contribution in [0.2, 0.25) is 0 Å². The summed E-state index contributed by atoms with van der Waals surface area (Å²) in [7, 11) is 0. The highest BCUT2D eigenvalue weighted by Crippen LogP contribution is 2.05. The van der Waals surface area contributed by atoms with Crippen molar-refractivity contribution in [1.29, 1.82) is 0 Å². The molecule has 4 nitrogen and oxygen atoms in total. The third-order valence-corrected chi connectivity index (χ3v) is 2.10. The van der Waals surface area contributed by atoms with Crippen LogP contribution < -0.4 is 5.32 Å². The van der Waals surface area contributed by atoms with Gasteiger partial charge in [0.05, 0.1) is 5.60 Å². The zero-order chi connectivity index (χ0) is 12.9. The highest BCUT2D eigenvalue weighted by molar-refractivity contribution is 5.77. The molecule has 1 rings (SSSR count). The Balaban J connectivity index is 2.31. The quantitative estimate of drug-likeness (QED) is 0.867. The van der Waals surface area contributed by atoms with Crippen molar-refractivity contribution < 1.29 is 9.53 Å². The van der Waals surface area contributed by atoms with Gasteiger partial charge in [0, 0.05) is 18.4 Å². The van der Waals surface area contributed by atoms with Crippen molar-refractivity contribution in [3.8, 4) is 0 Å². The summed E-state index contributed by atoms with van der Waals surface area (Å²) in [6, 6.07) is 3.88. The van der Waals surface area contributed by atoms with Crippen LogP contribution in [0.25, 0.3) is 0 Å². The molecule has 0 aliphatic rings. The molecule has 0 unspecified atom stereocenters. The zero-order valence-corrected chi connectivity index (χ0v) is 10.9. The van der Waals surface area contributed by atoms with E-state index < -0.39 is 0 Å². The summed E-state index contributed by atoms with van der Waals surface area (Å²) in [5.41, 5.74) is 1.67. The predicted octanol–water partition coefficient (Wildman–Crippen LogP) is 1.82. The van der Waals surface area contributed by atoms with E-state index in [4.69, 9.17) is 4.74 Å². The number of amides is 1. The Bertz CT molecular complexity index is 366. The lowest BCUT2D eigenvalue weighted by atomic mass is 10.2. The molecule has 0 aliphatic heterocycles. The number of aromatic nitrogens is 1. The van der Waals surface area contributed by atoms with Crippen molar-refractivity contribution in [2.75, 3.05) is 6.61 Å². The van der Waals surface area contributed by atoms with Gasteiger partial charge in [0.25, 0.3) is 0 Å². The topological polar surface area (TPSA) is 51.2 Å². The van der Waals surface area contributed by atoms with E-state index in [9.17, 15) is 4.79 Å². The number of nitrogens with zero attached hydrogens (tertiary/aromatic N) is 1. The lowest BCUT2D eigenvalue weighted by Gasteiger charge is -2.18. The van der Waals surface area contributed by atoms with Gasteiger partial charge in [-0.2, -0.15) is 0 Å². The standard InChI is InChI=1S/C13H20N2O2/c1-10-5-6-11(7-14-10)8-15-12(16)9-17-13(2,3)4/h5-7H,8-9H2,1-4H3,(H,15,16). The molecule has 0 saturated carbocycles. The fourth-order valence-electron chi connectivity index (χ4n) is 1.14. The lowest BCUT2D eigenvalue weighted by Crippen LogP contribution is -2.31. The van der Waals surface area contributed by atoms with Crippen molar-refractivity contribution in [2.45, 2.75) is 39.8 Å². The van der Waals surface area contributed by atoms with E-state index in [-0.39, 0.29) is 18.1 Å². The van der Waals surface area contributed by atoms with Gasteiger partial charge in [0.1, 0.15) is 6.61 Å². The number of hydrogen-bond acceptors (Lipinski definition) is 3. The molecule has 17 heavy (non-hydrogen) atoms. The van der Waals surface area contributed by atoms with E-state index in [1.54, 1.807) is 6.20 Å². The molecule has 0 fully saturated rings. The van der Waals surface area contributed by atoms with Gasteiger partial charge < -0.3 is 10.1 Å². The molecule has 0 radical (unpaired) electrons. The smallest absolute Gasteiger partial charge is 0.246 e. The Morgan fingerprint density at radius 3 is 2.65 bits per heavy atom. The van der Waals surface area contributed by atoms with E-state index in [1.807, 2.05) is 39.8 Å². The van der Waals surface area contributed by atoms with Gasteiger partial charge in [-0.15, -0.1) is 0 Å². The van der Waals surface area contributed by atoms with E-state index in [0.717, 1.165) is 11.3 Å². The minimum absolute atomic E-state index is 0.0861. The summed E-state index contributed by atoms with van der Waals surface area (Å²) >= 11 is 0. The van der Waals surface area contributed by atoms with Gasteiger partial charge in [0.2, 0.25) is 5.91 Å². The van der Waals surface area contributed by atoms with Crippen molar-refractivity contribution in [1.82, 2.24) is 10.3 Å². The Hall–Kier alpha value is -1.42. The number of nitrogens with one attached hydrogen (secondary N) is 1. The molecule has 1 aromatic heterocycles. The number of carbonyl (C=O) groups is 1. The third-order valence-electron chi connectivity index (χ3n) is 2.10. The first-order chi connectivity index (χ1) is 7.87. The number of carbonyl (C=O) groups excluding carboxylic acids is 1. The van der Waals surface area contributed by atoms with E-state index >= 15 is 0 Å². The maximum absolute atomic E-state index is 11.5. The second-order valence-electron chi connectivity index (χ2n) is 4.99. The first-order valence-corrected chi connectivity index (χ1v) is 5.69. The minimum Gasteiger partial charge on any atom is -0.366 e. The van der Waals surface area contributed by atoms with Crippen LogP contribution in [0, 0.1) is 6.92 Å². The average Bonchev–Trinajstić information content (AvgIpc) is 2.25. The fourth-order valence-corrected chi connectivity index (χ4v) is 1.14. The van der Waals surface area contributed by atoms with Crippen LogP contribution in [0.3, 0.4) is 0 Å². The Labute approximate surface area is 102 Å². The monoisotopic (exact) mass is 236 g/mol. The molecule has 0 atom stereocenters. The highest BCUT2D eigenvalue weighted by atomic mass is 16.5. The van der Waals surface area contributed by atoms with Crippen molar-refractivity contribution in [3.05, 3.63) is 29.6 Å². The Morgan fingerprint density at radius 2 is 2.12 bits per heavy atom. The van der Waals surface area contributed by atoms with Crippen LogP contribution >= 0.6 is 0 Å². The molecular weight excluding hydrogens is 216 g/mol. The second kappa shape index (κ2) is 5.77. The largest absolute Gasteiger partial charge is 0.366 e. The molecular formula is C13H20N2O2.